The molecule has 0 amide bonds. The normalized spacial score (nSPS) is 12.2. The average Bonchev–Trinajstić information content (AvgIpc) is 2.37. The fourth-order valence-electron chi connectivity index (χ4n) is 1.45. The molecule has 0 spiro atoms. The van der Waals surface area contributed by atoms with Gasteiger partial charge < -0.3 is 14.8 Å². The number of hydrogen-bond acceptors (Lipinski definition) is 3. The molecule has 0 aliphatic carbocycles. The predicted octanol–water partition coefficient (Wildman–Crippen LogP) is 3.14. The molecule has 3 nitrogen and oxygen atoms in total. The summed E-state index contributed by atoms with van der Waals surface area (Å²) in [6.45, 7) is 7.97. The Balaban J connectivity index is 2.67. The maximum absolute atomic E-state index is 5.80. The molecule has 1 atom stereocenters. The van der Waals surface area contributed by atoms with Crippen molar-refractivity contribution in [2.75, 3.05) is 20.3 Å². The Morgan fingerprint density at radius 2 is 2.28 bits per heavy atom. The van der Waals surface area contributed by atoms with E-state index in [2.05, 4.69) is 33.9 Å². The van der Waals surface area contributed by atoms with E-state index in [1.165, 1.54) is 0 Å². The summed E-state index contributed by atoms with van der Waals surface area (Å²) in [5, 5.41) is 3.31. The van der Waals surface area contributed by atoms with E-state index in [0.29, 0.717) is 6.61 Å². The highest BCUT2D eigenvalue weighted by Gasteiger charge is 2.06. The van der Waals surface area contributed by atoms with Crippen LogP contribution in [0.2, 0.25) is 0 Å². The fraction of sp³-hybridized carbons (Fsp3) is 0.429. The molecule has 4 heteroatoms. The zero-order valence-corrected chi connectivity index (χ0v) is 12.5. The van der Waals surface area contributed by atoms with Gasteiger partial charge in [0.05, 0.1) is 6.61 Å². The van der Waals surface area contributed by atoms with E-state index < -0.39 is 0 Å². The van der Waals surface area contributed by atoms with Gasteiger partial charge in [0, 0.05) is 30.2 Å². The van der Waals surface area contributed by atoms with Gasteiger partial charge in [0.1, 0.15) is 11.9 Å². The van der Waals surface area contributed by atoms with Crippen LogP contribution in [0.25, 0.3) is 0 Å². The molecule has 1 rings (SSSR count). The van der Waals surface area contributed by atoms with Gasteiger partial charge in [-0.1, -0.05) is 28.6 Å². The van der Waals surface area contributed by atoms with E-state index in [0.717, 1.165) is 28.9 Å². The minimum atomic E-state index is 0.00361. The molecule has 1 aromatic carbocycles. The summed E-state index contributed by atoms with van der Waals surface area (Å²) in [5.74, 6) is 0.885. The first-order chi connectivity index (χ1) is 8.67. The van der Waals surface area contributed by atoms with Crippen LogP contribution in [0.1, 0.15) is 12.5 Å². The van der Waals surface area contributed by atoms with Gasteiger partial charge in [0.2, 0.25) is 0 Å². The Kier molecular flexibility index (Phi) is 7.01. The summed E-state index contributed by atoms with van der Waals surface area (Å²) < 4.78 is 11.8. The van der Waals surface area contributed by atoms with Crippen molar-refractivity contribution in [1.82, 2.24) is 5.32 Å². The molecule has 0 radical (unpaired) electrons. The highest BCUT2D eigenvalue weighted by Crippen LogP contribution is 2.24. The first kappa shape index (κ1) is 15.2. The average molecular weight is 314 g/mol. The molecule has 100 valence electrons. The van der Waals surface area contributed by atoms with Crippen LogP contribution in [0.4, 0.5) is 0 Å². The first-order valence-electron chi connectivity index (χ1n) is 5.94. The molecule has 0 aliphatic heterocycles. The molecule has 1 unspecified atom stereocenters. The van der Waals surface area contributed by atoms with Crippen LogP contribution in [-0.4, -0.2) is 26.4 Å². The Morgan fingerprint density at radius 3 is 2.94 bits per heavy atom. The van der Waals surface area contributed by atoms with Gasteiger partial charge in [-0.15, -0.1) is 0 Å². The molecule has 0 fully saturated rings. The Bertz CT molecular complexity index is 382. The molecule has 0 saturated carbocycles. The second-order valence-corrected chi connectivity index (χ2v) is 4.90. The lowest BCUT2D eigenvalue weighted by atomic mass is 10.2. The number of halogens is 1. The molecular formula is C14H20BrNO2. The van der Waals surface area contributed by atoms with Crippen LogP contribution in [-0.2, 0) is 11.3 Å². The second kappa shape index (κ2) is 8.29. The minimum Gasteiger partial charge on any atom is -0.486 e. The summed E-state index contributed by atoms with van der Waals surface area (Å²) in [5.41, 5.74) is 1.12. The van der Waals surface area contributed by atoms with Crippen molar-refractivity contribution >= 4 is 15.9 Å². The number of nitrogens with one attached hydrogen (secondary N) is 1. The van der Waals surface area contributed by atoms with Gasteiger partial charge in [-0.05, 0) is 25.1 Å². The molecule has 0 bridgehead atoms. The first-order valence-corrected chi connectivity index (χ1v) is 6.74. The predicted molar refractivity (Wildman–Crippen MR) is 78.0 cm³/mol. The molecule has 18 heavy (non-hydrogen) atoms. The van der Waals surface area contributed by atoms with Gasteiger partial charge in [-0.25, -0.2) is 0 Å². The number of benzene rings is 1. The van der Waals surface area contributed by atoms with E-state index in [-0.39, 0.29) is 6.10 Å². The van der Waals surface area contributed by atoms with Gasteiger partial charge in [0.15, 0.2) is 0 Å². The summed E-state index contributed by atoms with van der Waals surface area (Å²) >= 11 is 3.47. The van der Waals surface area contributed by atoms with Crippen molar-refractivity contribution in [2.24, 2.45) is 0 Å². The second-order valence-electron chi connectivity index (χ2n) is 3.98. The van der Waals surface area contributed by atoms with Crippen LogP contribution in [0, 0.1) is 0 Å². The summed E-state index contributed by atoms with van der Waals surface area (Å²) in [4.78, 5) is 0. The van der Waals surface area contributed by atoms with Crippen molar-refractivity contribution in [3.63, 3.8) is 0 Å². The number of hydrogen-bond donors (Lipinski definition) is 1. The molecule has 1 N–H and O–H groups in total. The van der Waals surface area contributed by atoms with E-state index in [1.807, 2.05) is 19.1 Å². The summed E-state index contributed by atoms with van der Waals surface area (Å²) in [6.07, 6.45) is 1.79. The molecular weight excluding hydrogens is 294 g/mol. The zero-order valence-electron chi connectivity index (χ0n) is 10.9. The van der Waals surface area contributed by atoms with Crippen molar-refractivity contribution < 1.29 is 9.47 Å². The van der Waals surface area contributed by atoms with E-state index in [4.69, 9.17) is 9.47 Å². The van der Waals surface area contributed by atoms with Crippen LogP contribution in [0.5, 0.6) is 5.75 Å². The minimum absolute atomic E-state index is 0.00361. The third-order valence-corrected chi connectivity index (χ3v) is 2.96. The zero-order chi connectivity index (χ0) is 13.4. The van der Waals surface area contributed by atoms with Crippen LogP contribution in [0.3, 0.4) is 0 Å². The van der Waals surface area contributed by atoms with Gasteiger partial charge >= 0.3 is 0 Å². The van der Waals surface area contributed by atoms with E-state index >= 15 is 0 Å². The van der Waals surface area contributed by atoms with Crippen molar-refractivity contribution in [2.45, 2.75) is 19.6 Å². The molecule has 0 saturated heterocycles. The number of rotatable bonds is 8. The van der Waals surface area contributed by atoms with Gasteiger partial charge in [0.25, 0.3) is 0 Å². The van der Waals surface area contributed by atoms with Crippen molar-refractivity contribution in [3.8, 4) is 5.75 Å². The van der Waals surface area contributed by atoms with Gasteiger partial charge in [-0.2, -0.15) is 0 Å². The SMILES string of the molecule is C=CC(C)Oc1ccc(Br)cc1CNCCOC. The monoisotopic (exact) mass is 313 g/mol. The Labute approximate surface area is 117 Å². The quantitative estimate of drug-likeness (QED) is 0.591. The van der Waals surface area contributed by atoms with Crippen LogP contribution < -0.4 is 10.1 Å². The molecule has 1 aromatic rings. The molecule has 0 aromatic heterocycles. The standard InChI is InChI=1S/C14H20BrNO2/c1-4-11(2)18-14-6-5-13(15)9-12(14)10-16-7-8-17-3/h4-6,9,11,16H,1,7-8,10H2,2-3H3. The topological polar surface area (TPSA) is 30.5 Å². The maximum atomic E-state index is 5.80. The van der Waals surface area contributed by atoms with E-state index in [9.17, 15) is 0 Å². The van der Waals surface area contributed by atoms with Crippen LogP contribution in [0.15, 0.2) is 35.3 Å². The third kappa shape index (κ3) is 5.21. The lowest BCUT2D eigenvalue weighted by Crippen LogP contribution is -2.19. The largest absolute Gasteiger partial charge is 0.486 e. The van der Waals surface area contributed by atoms with Crippen LogP contribution >= 0.6 is 15.9 Å². The Hall–Kier alpha value is -0.840. The van der Waals surface area contributed by atoms with Crippen molar-refractivity contribution in [1.29, 1.82) is 0 Å². The third-order valence-electron chi connectivity index (χ3n) is 2.47. The van der Waals surface area contributed by atoms with E-state index in [1.54, 1.807) is 13.2 Å². The number of methoxy groups -OCH3 is 1. The van der Waals surface area contributed by atoms with Gasteiger partial charge in [-0.3, -0.25) is 0 Å². The highest BCUT2D eigenvalue weighted by molar-refractivity contribution is 9.10. The maximum Gasteiger partial charge on any atom is 0.124 e. The Morgan fingerprint density at radius 1 is 1.50 bits per heavy atom. The molecule has 0 heterocycles. The molecule has 0 aliphatic rings. The van der Waals surface area contributed by atoms with Crippen molar-refractivity contribution in [3.05, 3.63) is 40.9 Å². The lowest BCUT2D eigenvalue weighted by molar-refractivity contribution is 0.199. The highest BCUT2D eigenvalue weighted by atomic mass is 79.9. The smallest absolute Gasteiger partial charge is 0.124 e. The summed E-state index contributed by atoms with van der Waals surface area (Å²) in [7, 11) is 1.70. The number of ether oxygens (including phenoxy) is 2. The lowest BCUT2D eigenvalue weighted by Gasteiger charge is -2.15. The fourth-order valence-corrected chi connectivity index (χ4v) is 1.86. The summed E-state index contributed by atoms with van der Waals surface area (Å²) in [6, 6.07) is 6.01.